The number of amides is 2. The van der Waals surface area contributed by atoms with Gasteiger partial charge in [-0.05, 0) is 54.9 Å². The van der Waals surface area contributed by atoms with Crippen molar-refractivity contribution in [2.24, 2.45) is 0 Å². The minimum atomic E-state index is -0.246. The molecule has 1 heterocycles. The summed E-state index contributed by atoms with van der Waals surface area (Å²) in [6.45, 7) is 4.84. The molecule has 0 saturated carbocycles. The summed E-state index contributed by atoms with van der Waals surface area (Å²) in [5, 5.41) is -0.234. The molecule has 1 aliphatic rings. The van der Waals surface area contributed by atoms with E-state index >= 15 is 0 Å². The van der Waals surface area contributed by atoms with Crippen molar-refractivity contribution in [3.05, 3.63) is 70.1 Å². The number of carbonyl (C=O) groups excluding carboxylic acids is 2. The van der Waals surface area contributed by atoms with Crippen LogP contribution < -0.4 is 4.74 Å². The van der Waals surface area contributed by atoms with Gasteiger partial charge in [-0.1, -0.05) is 42.0 Å². The predicted molar refractivity (Wildman–Crippen MR) is 100 cm³/mol. The van der Waals surface area contributed by atoms with Gasteiger partial charge in [-0.2, -0.15) is 0 Å². The number of benzene rings is 2. The van der Waals surface area contributed by atoms with Gasteiger partial charge in [0.05, 0.1) is 18.1 Å². The molecule has 5 heteroatoms. The minimum absolute atomic E-state index is 0.234. The number of rotatable bonds is 5. The fraction of sp³-hybridized carbons (Fsp3) is 0.200. The van der Waals surface area contributed by atoms with Crippen molar-refractivity contribution in [1.29, 1.82) is 0 Å². The molecular weight excluding hydrogens is 334 g/mol. The average Bonchev–Trinajstić information content (AvgIpc) is 2.86. The van der Waals surface area contributed by atoms with E-state index in [1.807, 2.05) is 62.4 Å². The Morgan fingerprint density at radius 2 is 1.72 bits per heavy atom. The van der Waals surface area contributed by atoms with Crippen LogP contribution in [0, 0.1) is 6.92 Å². The Hall–Kier alpha value is -2.53. The van der Waals surface area contributed by atoms with Gasteiger partial charge in [-0.15, -0.1) is 0 Å². The zero-order valence-corrected chi connectivity index (χ0v) is 15.0. The molecule has 3 rings (SSSR count). The standard InChI is InChI=1S/C20H19NO3S/c1-3-24-17-10-8-15(9-11-17)12-18-19(22)21(20(23)25-18)13-16-6-4-14(2)5-7-16/h4-12H,3,13H2,1-2H3. The molecule has 0 bridgehead atoms. The van der Waals surface area contributed by atoms with E-state index in [0.29, 0.717) is 18.1 Å². The second-order valence-electron chi connectivity index (χ2n) is 5.76. The SMILES string of the molecule is CCOc1ccc(C=C2SC(=O)N(Cc3ccc(C)cc3)C2=O)cc1. The van der Waals surface area contributed by atoms with Crippen LogP contribution in [0.15, 0.2) is 53.4 Å². The van der Waals surface area contributed by atoms with Gasteiger partial charge in [0.2, 0.25) is 0 Å². The van der Waals surface area contributed by atoms with Crippen LogP contribution in [0.4, 0.5) is 4.79 Å². The van der Waals surface area contributed by atoms with E-state index in [-0.39, 0.29) is 11.1 Å². The van der Waals surface area contributed by atoms with E-state index < -0.39 is 0 Å². The predicted octanol–water partition coefficient (Wildman–Crippen LogP) is 4.63. The lowest BCUT2D eigenvalue weighted by Gasteiger charge is -2.12. The first-order chi connectivity index (χ1) is 12.1. The molecule has 0 aliphatic carbocycles. The smallest absolute Gasteiger partial charge is 0.293 e. The summed E-state index contributed by atoms with van der Waals surface area (Å²) in [5.74, 6) is 0.539. The van der Waals surface area contributed by atoms with Gasteiger partial charge in [0.25, 0.3) is 11.1 Å². The van der Waals surface area contributed by atoms with Gasteiger partial charge in [-0.25, -0.2) is 0 Å². The number of thioether (sulfide) groups is 1. The molecule has 4 nitrogen and oxygen atoms in total. The maximum absolute atomic E-state index is 12.6. The van der Waals surface area contributed by atoms with Crippen LogP contribution in [0.5, 0.6) is 5.75 Å². The molecule has 0 spiro atoms. The summed E-state index contributed by atoms with van der Waals surface area (Å²) in [5.41, 5.74) is 2.95. The van der Waals surface area contributed by atoms with E-state index in [4.69, 9.17) is 4.74 Å². The van der Waals surface area contributed by atoms with Crippen LogP contribution in [0.25, 0.3) is 6.08 Å². The summed E-state index contributed by atoms with van der Waals surface area (Å²) in [6.07, 6.45) is 1.75. The lowest BCUT2D eigenvalue weighted by atomic mass is 10.1. The Morgan fingerprint density at radius 3 is 2.36 bits per heavy atom. The van der Waals surface area contributed by atoms with Crippen LogP contribution >= 0.6 is 11.8 Å². The summed E-state index contributed by atoms with van der Waals surface area (Å²) < 4.78 is 5.41. The molecule has 2 aromatic rings. The lowest BCUT2D eigenvalue weighted by Crippen LogP contribution is -2.27. The Kier molecular flexibility index (Phi) is 5.24. The molecule has 0 aromatic heterocycles. The van der Waals surface area contributed by atoms with E-state index in [1.165, 1.54) is 4.90 Å². The van der Waals surface area contributed by atoms with E-state index in [9.17, 15) is 9.59 Å². The minimum Gasteiger partial charge on any atom is -0.494 e. The van der Waals surface area contributed by atoms with Gasteiger partial charge < -0.3 is 4.74 Å². The zero-order valence-electron chi connectivity index (χ0n) is 14.2. The number of aryl methyl sites for hydroxylation is 1. The van der Waals surface area contributed by atoms with E-state index in [2.05, 4.69) is 0 Å². The normalized spacial score (nSPS) is 15.9. The van der Waals surface area contributed by atoms with Crippen LogP contribution in [0.1, 0.15) is 23.6 Å². The molecular formula is C20H19NO3S. The second-order valence-corrected chi connectivity index (χ2v) is 6.75. The van der Waals surface area contributed by atoms with Crippen molar-refractivity contribution >= 4 is 29.0 Å². The molecule has 1 fully saturated rings. The first kappa shape index (κ1) is 17.3. The Morgan fingerprint density at radius 1 is 1.04 bits per heavy atom. The maximum atomic E-state index is 12.6. The number of hydrogen-bond acceptors (Lipinski definition) is 4. The summed E-state index contributed by atoms with van der Waals surface area (Å²) in [6, 6.07) is 15.3. The quantitative estimate of drug-likeness (QED) is 0.735. The third-order valence-electron chi connectivity index (χ3n) is 3.82. The Balaban J connectivity index is 1.74. The number of imide groups is 1. The Bertz CT molecular complexity index is 810. The molecule has 1 aliphatic heterocycles. The average molecular weight is 353 g/mol. The van der Waals surface area contributed by atoms with Crippen LogP contribution in [0.2, 0.25) is 0 Å². The summed E-state index contributed by atoms with van der Waals surface area (Å²) in [7, 11) is 0. The topological polar surface area (TPSA) is 46.6 Å². The number of ether oxygens (including phenoxy) is 1. The van der Waals surface area contributed by atoms with E-state index in [1.54, 1.807) is 6.08 Å². The van der Waals surface area contributed by atoms with Crippen molar-refractivity contribution in [2.75, 3.05) is 6.61 Å². The van der Waals surface area contributed by atoms with Crippen molar-refractivity contribution in [3.63, 3.8) is 0 Å². The van der Waals surface area contributed by atoms with E-state index in [0.717, 1.165) is 34.2 Å². The van der Waals surface area contributed by atoms with Gasteiger partial charge in [0.1, 0.15) is 5.75 Å². The Labute approximate surface area is 151 Å². The van der Waals surface area contributed by atoms with Gasteiger partial charge in [0.15, 0.2) is 0 Å². The number of nitrogens with zero attached hydrogens (tertiary/aromatic N) is 1. The molecule has 2 amide bonds. The van der Waals surface area contributed by atoms with Gasteiger partial charge in [-0.3, -0.25) is 14.5 Å². The highest BCUT2D eigenvalue weighted by Gasteiger charge is 2.34. The van der Waals surface area contributed by atoms with Crippen molar-refractivity contribution in [1.82, 2.24) is 4.90 Å². The third-order valence-corrected chi connectivity index (χ3v) is 4.73. The maximum Gasteiger partial charge on any atom is 0.293 e. The molecule has 0 radical (unpaired) electrons. The zero-order chi connectivity index (χ0) is 17.8. The monoisotopic (exact) mass is 353 g/mol. The highest BCUT2D eigenvalue weighted by molar-refractivity contribution is 8.18. The molecule has 0 atom stereocenters. The van der Waals surface area contributed by atoms with Crippen LogP contribution in [0.3, 0.4) is 0 Å². The lowest BCUT2D eigenvalue weighted by molar-refractivity contribution is -0.123. The van der Waals surface area contributed by atoms with Crippen LogP contribution in [-0.2, 0) is 11.3 Å². The van der Waals surface area contributed by atoms with Crippen LogP contribution in [-0.4, -0.2) is 22.7 Å². The largest absolute Gasteiger partial charge is 0.494 e. The third kappa shape index (κ3) is 4.12. The molecule has 0 unspecified atom stereocenters. The van der Waals surface area contributed by atoms with Crippen molar-refractivity contribution < 1.29 is 14.3 Å². The summed E-state index contributed by atoms with van der Waals surface area (Å²) in [4.78, 5) is 26.5. The van der Waals surface area contributed by atoms with Crippen molar-refractivity contribution in [2.45, 2.75) is 20.4 Å². The van der Waals surface area contributed by atoms with Crippen molar-refractivity contribution in [3.8, 4) is 5.75 Å². The number of hydrogen-bond donors (Lipinski definition) is 0. The fourth-order valence-corrected chi connectivity index (χ4v) is 3.33. The molecule has 128 valence electrons. The molecule has 2 aromatic carbocycles. The van der Waals surface area contributed by atoms with Gasteiger partial charge in [0, 0.05) is 0 Å². The highest BCUT2D eigenvalue weighted by Crippen LogP contribution is 2.33. The second kappa shape index (κ2) is 7.57. The fourth-order valence-electron chi connectivity index (χ4n) is 2.49. The first-order valence-corrected chi connectivity index (χ1v) is 8.92. The first-order valence-electron chi connectivity index (χ1n) is 8.10. The molecule has 1 saturated heterocycles. The summed E-state index contributed by atoms with van der Waals surface area (Å²) >= 11 is 0.981. The highest BCUT2D eigenvalue weighted by atomic mass is 32.2. The molecule has 25 heavy (non-hydrogen) atoms. The van der Waals surface area contributed by atoms with Gasteiger partial charge >= 0.3 is 0 Å². The number of carbonyl (C=O) groups is 2. The molecule has 0 N–H and O–H groups in total.